The topological polar surface area (TPSA) is 71.2 Å². The van der Waals surface area contributed by atoms with E-state index in [9.17, 15) is 12.8 Å². The van der Waals surface area contributed by atoms with Crippen molar-refractivity contribution in [3.8, 4) is 11.1 Å². The molecule has 7 heteroatoms. The fourth-order valence-electron chi connectivity index (χ4n) is 3.25. The van der Waals surface area contributed by atoms with Crippen LogP contribution in [0.4, 0.5) is 4.39 Å². The van der Waals surface area contributed by atoms with Crippen LogP contribution in [-0.4, -0.2) is 32.7 Å². The molecule has 136 valence electrons. The Hall–Kier alpha value is -2.22. The van der Waals surface area contributed by atoms with Crippen molar-refractivity contribution in [2.75, 3.05) is 13.2 Å². The lowest BCUT2D eigenvalue weighted by atomic mass is 10.1. The van der Waals surface area contributed by atoms with E-state index in [-0.39, 0.29) is 16.8 Å². The van der Waals surface area contributed by atoms with Crippen molar-refractivity contribution in [2.24, 2.45) is 0 Å². The summed E-state index contributed by atoms with van der Waals surface area (Å²) in [5, 5.41) is 0.891. The third kappa shape index (κ3) is 3.38. The van der Waals surface area contributed by atoms with E-state index in [1.807, 2.05) is 0 Å². The van der Waals surface area contributed by atoms with E-state index < -0.39 is 10.0 Å². The largest absolute Gasteiger partial charge is 0.381 e. The van der Waals surface area contributed by atoms with Gasteiger partial charge in [-0.2, -0.15) is 0 Å². The van der Waals surface area contributed by atoms with Crippen LogP contribution in [0.3, 0.4) is 0 Å². The molecule has 0 bridgehead atoms. The first kappa shape index (κ1) is 17.2. The normalized spacial score (nSPS) is 16.2. The monoisotopic (exact) mass is 374 g/mol. The molecule has 1 aliphatic heterocycles. The summed E-state index contributed by atoms with van der Waals surface area (Å²) >= 11 is 0. The van der Waals surface area contributed by atoms with E-state index in [1.165, 1.54) is 12.1 Å². The highest BCUT2D eigenvalue weighted by molar-refractivity contribution is 7.89. The molecule has 1 saturated heterocycles. The summed E-state index contributed by atoms with van der Waals surface area (Å²) in [5.41, 5.74) is 2.48. The summed E-state index contributed by atoms with van der Waals surface area (Å²) in [7, 11) is -3.56. The number of fused-ring (bicyclic) bond motifs is 1. The standard InChI is InChI=1S/C19H19FN2O3S/c20-14-3-6-17-18(12-21-19(17)11-14)13-1-4-16(5-2-13)26(23,24)22-15-7-9-25-10-8-15/h1-6,11-12,15,21-22H,7-10H2. The molecule has 1 aromatic heterocycles. The van der Waals surface area contributed by atoms with Crippen molar-refractivity contribution in [3.05, 3.63) is 54.5 Å². The maximum Gasteiger partial charge on any atom is 0.240 e. The third-order valence-electron chi connectivity index (χ3n) is 4.66. The molecule has 26 heavy (non-hydrogen) atoms. The zero-order chi connectivity index (χ0) is 18.1. The first-order valence-corrected chi connectivity index (χ1v) is 9.98. The Morgan fingerprint density at radius 1 is 1.08 bits per heavy atom. The molecule has 0 amide bonds. The smallest absolute Gasteiger partial charge is 0.240 e. The molecule has 1 fully saturated rings. The number of aromatic nitrogens is 1. The van der Waals surface area contributed by atoms with Crippen molar-refractivity contribution in [3.63, 3.8) is 0 Å². The molecule has 2 aromatic carbocycles. The average molecular weight is 374 g/mol. The number of hydrogen-bond acceptors (Lipinski definition) is 3. The van der Waals surface area contributed by atoms with Gasteiger partial charge in [-0.25, -0.2) is 17.5 Å². The van der Waals surface area contributed by atoms with E-state index >= 15 is 0 Å². The third-order valence-corrected chi connectivity index (χ3v) is 6.20. The highest BCUT2D eigenvalue weighted by atomic mass is 32.2. The summed E-state index contributed by atoms with van der Waals surface area (Å²) in [4.78, 5) is 3.28. The maximum atomic E-state index is 13.3. The minimum absolute atomic E-state index is 0.0862. The molecular weight excluding hydrogens is 355 g/mol. The van der Waals surface area contributed by atoms with Crippen LogP contribution >= 0.6 is 0 Å². The van der Waals surface area contributed by atoms with Gasteiger partial charge in [-0.3, -0.25) is 0 Å². The van der Waals surface area contributed by atoms with Crippen LogP contribution in [0.15, 0.2) is 53.6 Å². The van der Waals surface area contributed by atoms with Crippen molar-refractivity contribution >= 4 is 20.9 Å². The quantitative estimate of drug-likeness (QED) is 0.735. The molecule has 0 unspecified atom stereocenters. The minimum atomic E-state index is -3.56. The number of sulfonamides is 1. The molecule has 0 spiro atoms. The zero-order valence-electron chi connectivity index (χ0n) is 14.0. The Morgan fingerprint density at radius 3 is 2.54 bits per heavy atom. The van der Waals surface area contributed by atoms with E-state index in [2.05, 4.69) is 9.71 Å². The van der Waals surface area contributed by atoms with E-state index in [1.54, 1.807) is 36.5 Å². The lowest BCUT2D eigenvalue weighted by molar-refractivity contribution is 0.0832. The summed E-state index contributed by atoms with van der Waals surface area (Å²) < 4.78 is 46.4. The summed E-state index contributed by atoms with van der Waals surface area (Å²) in [6, 6.07) is 11.2. The van der Waals surface area contributed by atoms with E-state index in [4.69, 9.17) is 4.74 Å². The second-order valence-corrected chi connectivity index (χ2v) is 8.14. The number of H-pyrrole nitrogens is 1. The van der Waals surface area contributed by atoms with Gasteiger partial charge in [0.2, 0.25) is 10.0 Å². The van der Waals surface area contributed by atoms with Crippen LogP contribution in [0.2, 0.25) is 0 Å². The molecule has 1 aliphatic rings. The molecule has 4 rings (SSSR count). The van der Waals surface area contributed by atoms with Gasteiger partial charge in [0, 0.05) is 41.9 Å². The van der Waals surface area contributed by atoms with Crippen LogP contribution in [0.1, 0.15) is 12.8 Å². The predicted molar refractivity (Wildman–Crippen MR) is 97.9 cm³/mol. The summed E-state index contributed by atoms with van der Waals surface area (Å²) in [6.45, 7) is 1.15. The highest BCUT2D eigenvalue weighted by Gasteiger charge is 2.22. The number of halogens is 1. The Bertz CT molecular complexity index is 1020. The van der Waals surface area contributed by atoms with Crippen molar-refractivity contribution in [2.45, 2.75) is 23.8 Å². The summed E-state index contributed by atoms with van der Waals surface area (Å²) in [6.07, 6.45) is 3.17. The summed E-state index contributed by atoms with van der Waals surface area (Å²) in [5.74, 6) is -0.300. The van der Waals surface area contributed by atoms with Gasteiger partial charge in [-0.05, 0) is 48.7 Å². The number of ether oxygens (including phenoxy) is 1. The van der Waals surface area contributed by atoms with Gasteiger partial charge < -0.3 is 9.72 Å². The van der Waals surface area contributed by atoms with Gasteiger partial charge in [-0.15, -0.1) is 0 Å². The lowest BCUT2D eigenvalue weighted by Gasteiger charge is -2.23. The molecular formula is C19H19FN2O3S. The van der Waals surface area contributed by atoms with Gasteiger partial charge >= 0.3 is 0 Å². The van der Waals surface area contributed by atoms with Crippen LogP contribution in [0.25, 0.3) is 22.0 Å². The lowest BCUT2D eigenvalue weighted by Crippen LogP contribution is -2.38. The van der Waals surface area contributed by atoms with Gasteiger partial charge in [0.1, 0.15) is 5.82 Å². The second kappa shape index (κ2) is 6.83. The van der Waals surface area contributed by atoms with Gasteiger partial charge in [0.25, 0.3) is 0 Å². The molecule has 2 heterocycles. The van der Waals surface area contributed by atoms with E-state index in [0.717, 1.165) is 16.5 Å². The highest BCUT2D eigenvalue weighted by Crippen LogP contribution is 2.29. The zero-order valence-corrected chi connectivity index (χ0v) is 14.9. The van der Waals surface area contributed by atoms with Gasteiger partial charge in [0.05, 0.1) is 4.90 Å². The van der Waals surface area contributed by atoms with Crippen molar-refractivity contribution < 1.29 is 17.5 Å². The van der Waals surface area contributed by atoms with Crippen LogP contribution in [0.5, 0.6) is 0 Å². The Balaban J connectivity index is 1.59. The van der Waals surface area contributed by atoms with Gasteiger partial charge in [0.15, 0.2) is 0 Å². The van der Waals surface area contributed by atoms with Crippen LogP contribution < -0.4 is 4.72 Å². The van der Waals surface area contributed by atoms with Crippen LogP contribution in [-0.2, 0) is 14.8 Å². The Labute approximate surface area is 151 Å². The molecule has 0 aliphatic carbocycles. The van der Waals surface area contributed by atoms with E-state index in [0.29, 0.717) is 31.6 Å². The number of rotatable bonds is 4. The predicted octanol–water partition coefficient (Wildman–Crippen LogP) is 3.43. The Morgan fingerprint density at radius 2 is 1.81 bits per heavy atom. The molecule has 3 aromatic rings. The number of nitrogens with one attached hydrogen (secondary N) is 2. The van der Waals surface area contributed by atoms with Crippen molar-refractivity contribution in [1.82, 2.24) is 9.71 Å². The second-order valence-electron chi connectivity index (χ2n) is 6.42. The average Bonchev–Trinajstić information content (AvgIpc) is 3.05. The van der Waals surface area contributed by atoms with Gasteiger partial charge in [-0.1, -0.05) is 12.1 Å². The number of benzene rings is 2. The molecule has 2 N–H and O–H groups in total. The fraction of sp³-hybridized carbons (Fsp3) is 0.263. The molecule has 0 saturated carbocycles. The number of hydrogen-bond donors (Lipinski definition) is 2. The minimum Gasteiger partial charge on any atom is -0.381 e. The molecule has 0 atom stereocenters. The number of aromatic amines is 1. The first-order chi connectivity index (χ1) is 12.5. The molecule has 5 nitrogen and oxygen atoms in total. The fourth-order valence-corrected chi connectivity index (χ4v) is 4.56. The molecule has 0 radical (unpaired) electrons. The van der Waals surface area contributed by atoms with Crippen LogP contribution in [0, 0.1) is 5.82 Å². The first-order valence-electron chi connectivity index (χ1n) is 8.50. The van der Waals surface area contributed by atoms with Crippen molar-refractivity contribution in [1.29, 1.82) is 0 Å². The Kier molecular flexibility index (Phi) is 4.52. The maximum absolute atomic E-state index is 13.3. The SMILES string of the molecule is O=S(=O)(NC1CCOCC1)c1ccc(-c2c[nH]c3cc(F)ccc23)cc1.